The molecular weight excluding hydrogens is 232 g/mol. The van der Waals surface area contributed by atoms with Gasteiger partial charge in [-0.25, -0.2) is 4.98 Å². The van der Waals surface area contributed by atoms with Gasteiger partial charge in [0, 0.05) is 5.56 Å². The van der Waals surface area contributed by atoms with E-state index in [0.717, 1.165) is 6.42 Å². The molecule has 0 fully saturated rings. The molecule has 1 aromatic carbocycles. The second kappa shape index (κ2) is 5.20. The summed E-state index contributed by atoms with van der Waals surface area (Å²) in [6.07, 6.45) is 5.08. The maximum Gasteiger partial charge on any atom is 0.0956 e. The van der Waals surface area contributed by atoms with Gasteiger partial charge in [-0.1, -0.05) is 58.9 Å². The van der Waals surface area contributed by atoms with Crippen molar-refractivity contribution >= 4 is 0 Å². The fourth-order valence-corrected chi connectivity index (χ4v) is 2.72. The number of hydrogen-bond acceptors (Lipinski definition) is 1. The minimum absolute atomic E-state index is 0.323. The van der Waals surface area contributed by atoms with Crippen LogP contribution in [0, 0.1) is 5.41 Å². The molecule has 2 heteroatoms. The lowest BCUT2D eigenvalue weighted by atomic mass is 9.85. The minimum atomic E-state index is 0.323. The summed E-state index contributed by atoms with van der Waals surface area (Å²) in [4.78, 5) is 4.29. The molecule has 0 spiro atoms. The summed E-state index contributed by atoms with van der Waals surface area (Å²) in [7, 11) is 0. The zero-order valence-corrected chi connectivity index (χ0v) is 12.6. The van der Waals surface area contributed by atoms with Crippen LogP contribution in [0.2, 0.25) is 0 Å². The Morgan fingerprint density at radius 2 is 1.84 bits per heavy atom. The minimum Gasteiger partial charge on any atom is -0.323 e. The second-order valence-corrected chi connectivity index (χ2v) is 6.05. The molecule has 0 radical (unpaired) electrons. The molecule has 102 valence electrons. The third-order valence-corrected chi connectivity index (χ3v) is 3.40. The van der Waals surface area contributed by atoms with Crippen molar-refractivity contribution in [2.75, 3.05) is 0 Å². The van der Waals surface area contributed by atoms with Gasteiger partial charge in [-0.05, 0) is 17.4 Å². The van der Waals surface area contributed by atoms with E-state index < -0.39 is 0 Å². The van der Waals surface area contributed by atoms with Gasteiger partial charge in [-0.15, -0.1) is 0 Å². The van der Waals surface area contributed by atoms with Gasteiger partial charge < -0.3 is 4.57 Å². The molecule has 2 aromatic rings. The van der Waals surface area contributed by atoms with E-state index in [-0.39, 0.29) is 0 Å². The third-order valence-electron chi connectivity index (χ3n) is 3.40. The van der Waals surface area contributed by atoms with E-state index in [0.29, 0.717) is 11.5 Å². The number of fused-ring (bicyclic) bond motifs is 3. The summed E-state index contributed by atoms with van der Waals surface area (Å²) >= 11 is 0. The first-order valence-corrected chi connectivity index (χ1v) is 7.17. The molecule has 0 aliphatic carbocycles. The number of imidazole rings is 1. The zero-order chi connectivity index (χ0) is 14.0. The highest BCUT2D eigenvalue weighted by molar-refractivity contribution is 5.68. The molecule has 1 aromatic heterocycles. The Hall–Kier alpha value is -1.57. The van der Waals surface area contributed by atoms with Crippen LogP contribution in [0.3, 0.4) is 0 Å². The summed E-state index contributed by atoms with van der Waals surface area (Å²) in [5.74, 6) is 0. The highest BCUT2D eigenvalue weighted by atomic mass is 15.1. The van der Waals surface area contributed by atoms with E-state index in [4.69, 9.17) is 0 Å². The molecule has 0 N–H and O–H groups in total. The Morgan fingerprint density at radius 3 is 2.53 bits per heavy atom. The average Bonchev–Trinajstić information content (AvgIpc) is 2.94. The number of aromatic nitrogens is 2. The molecule has 0 amide bonds. The monoisotopic (exact) mass is 256 g/mol. The lowest BCUT2D eigenvalue weighted by Crippen LogP contribution is -2.15. The molecule has 0 saturated heterocycles. The number of nitrogens with zero attached hydrogens (tertiary/aromatic N) is 2. The van der Waals surface area contributed by atoms with Crippen LogP contribution in [0.15, 0.2) is 36.8 Å². The van der Waals surface area contributed by atoms with Crippen molar-refractivity contribution < 1.29 is 0 Å². The SMILES string of the molecule is CC.CC(C)(C)CC1c2ccccc2-c2cncn21. The topological polar surface area (TPSA) is 17.8 Å². The summed E-state index contributed by atoms with van der Waals surface area (Å²) in [5, 5.41) is 0. The first kappa shape index (κ1) is 13.9. The predicted molar refractivity (Wildman–Crippen MR) is 81.2 cm³/mol. The van der Waals surface area contributed by atoms with Crippen molar-refractivity contribution in [1.29, 1.82) is 0 Å². The Kier molecular flexibility index (Phi) is 3.79. The predicted octanol–water partition coefficient (Wildman–Crippen LogP) is 4.92. The third kappa shape index (κ3) is 2.58. The first-order chi connectivity index (χ1) is 9.06. The van der Waals surface area contributed by atoms with Crippen LogP contribution in [0.25, 0.3) is 11.3 Å². The highest BCUT2D eigenvalue weighted by Crippen LogP contribution is 2.43. The van der Waals surface area contributed by atoms with Crippen LogP contribution in [-0.4, -0.2) is 9.55 Å². The molecule has 1 unspecified atom stereocenters. The molecule has 2 nitrogen and oxygen atoms in total. The smallest absolute Gasteiger partial charge is 0.0956 e. The van der Waals surface area contributed by atoms with Gasteiger partial charge in [-0.2, -0.15) is 0 Å². The van der Waals surface area contributed by atoms with Crippen LogP contribution in [0.1, 0.15) is 52.6 Å². The lowest BCUT2D eigenvalue weighted by molar-refractivity contribution is 0.324. The van der Waals surface area contributed by atoms with E-state index in [2.05, 4.69) is 54.6 Å². The molecule has 0 saturated carbocycles. The molecule has 0 bridgehead atoms. The molecule has 3 rings (SSSR count). The largest absolute Gasteiger partial charge is 0.323 e. The molecule has 1 atom stereocenters. The van der Waals surface area contributed by atoms with Crippen LogP contribution in [0.5, 0.6) is 0 Å². The van der Waals surface area contributed by atoms with Gasteiger partial charge in [-0.3, -0.25) is 0 Å². The Labute approximate surface area is 116 Å². The van der Waals surface area contributed by atoms with Crippen LogP contribution >= 0.6 is 0 Å². The van der Waals surface area contributed by atoms with Crippen molar-refractivity contribution in [3.63, 3.8) is 0 Å². The summed E-state index contributed by atoms with van der Waals surface area (Å²) < 4.78 is 2.32. The van der Waals surface area contributed by atoms with Gasteiger partial charge >= 0.3 is 0 Å². The normalized spacial score (nSPS) is 16.4. The fourth-order valence-electron chi connectivity index (χ4n) is 2.72. The number of benzene rings is 1. The molecule has 1 aliphatic heterocycles. The molecule has 19 heavy (non-hydrogen) atoms. The first-order valence-electron chi connectivity index (χ1n) is 7.17. The molecule has 2 heterocycles. The van der Waals surface area contributed by atoms with E-state index in [1.165, 1.54) is 16.8 Å². The quantitative estimate of drug-likeness (QED) is 0.708. The van der Waals surface area contributed by atoms with Gasteiger partial charge in [0.2, 0.25) is 0 Å². The Morgan fingerprint density at radius 1 is 1.16 bits per heavy atom. The van der Waals surface area contributed by atoms with Crippen molar-refractivity contribution in [2.45, 2.75) is 47.1 Å². The van der Waals surface area contributed by atoms with E-state index in [9.17, 15) is 0 Å². The van der Waals surface area contributed by atoms with E-state index in [1.54, 1.807) is 0 Å². The Balaban J connectivity index is 0.000000637. The lowest BCUT2D eigenvalue weighted by Gasteiger charge is -2.25. The van der Waals surface area contributed by atoms with Gasteiger partial charge in [0.15, 0.2) is 0 Å². The van der Waals surface area contributed by atoms with Crippen molar-refractivity contribution in [3.8, 4) is 11.3 Å². The fraction of sp³-hybridized carbons (Fsp3) is 0.471. The second-order valence-electron chi connectivity index (χ2n) is 6.05. The Bertz CT molecular complexity index is 546. The number of rotatable bonds is 1. The average molecular weight is 256 g/mol. The molecular formula is C17H24N2. The van der Waals surface area contributed by atoms with Crippen molar-refractivity contribution in [3.05, 3.63) is 42.4 Å². The van der Waals surface area contributed by atoms with Crippen molar-refractivity contribution in [1.82, 2.24) is 9.55 Å². The number of hydrogen-bond donors (Lipinski definition) is 0. The zero-order valence-electron chi connectivity index (χ0n) is 12.6. The summed E-state index contributed by atoms with van der Waals surface area (Å²) in [6.45, 7) is 10.9. The van der Waals surface area contributed by atoms with Gasteiger partial charge in [0.05, 0.1) is 24.3 Å². The van der Waals surface area contributed by atoms with Crippen molar-refractivity contribution in [2.24, 2.45) is 5.41 Å². The highest BCUT2D eigenvalue weighted by Gasteiger charge is 2.30. The standard InChI is InChI=1S/C15H18N2.C2H6/c1-15(2,3)8-13-11-6-4-5-7-12(11)14-9-16-10-17(13)14;1-2/h4-7,9-10,13H,8H2,1-3H3;1-2H3. The van der Waals surface area contributed by atoms with Crippen LogP contribution in [0.4, 0.5) is 0 Å². The molecule has 1 aliphatic rings. The maximum absolute atomic E-state index is 4.29. The summed E-state index contributed by atoms with van der Waals surface area (Å²) in [6, 6.07) is 9.14. The van der Waals surface area contributed by atoms with Crippen LogP contribution < -0.4 is 0 Å². The van der Waals surface area contributed by atoms with Crippen LogP contribution in [-0.2, 0) is 0 Å². The van der Waals surface area contributed by atoms with E-state index in [1.807, 2.05) is 26.4 Å². The maximum atomic E-state index is 4.29. The van der Waals surface area contributed by atoms with Gasteiger partial charge in [0.1, 0.15) is 0 Å². The summed E-state index contributed by atoms with van der Waals surface area (Å²) in [5.41, 5.74) is 4.37. The van der Waals surface area contributed by atoms with Gasteiger partial charge in [0.25, 0.3) is 0 Å². The van der Waals surface area contributed by atoms with E-state index >= 15 is 0 Å².